The van der Waals surface area contributed by atoms with Crippen molar-refractivity contribution in [1.29, 1.82) is 0 Å². The van der Waals surface area contributed by atoms with Crippen molar-refractivity contribution in [1.82, 2.24) is 10.2 Å². The summed E-state index contributed by atoms with van der Waals surface area (Å²) >= 11 is 0. The van der Waals surface area contributed by atoms with Crippen LogP contribution in [0.1, 0.15) is 52.9 Å². The third-order valence-electron chi connectivity index (χ3n) is 4.79. The maximum Gasteiger partial charge on any atom is 0.410 e. The van der Waals surface area contributed by atoms with E-state index >= 15 is 0 Å². The Labute approximate surface area is 143 Å². The second-order valence-corrected chi connectivity index (χ2v) is 9.37. The number of hydrogen-bond acceptors (Lipinski definition) is 4. The fraction of sp³-hybridized carbons (Fsp3) is 0.941. The van der Waals surface area contributed by atoms with Gasteiger partial charge in [0.25, 0.3) is 0 Å². The molecule has 0 aromatic carbocycles. The number of amides is 1. The number of likely N-dealkylation sites (tertiary alicyclic amines) is 1. The molecule has 6 heteroatoms. The van der Waals surface area contributed by atoms with Gasteiger partial charge in [-0.2, -0.15) is 0 Å². The van der Waals surface area contributed by atoms with E-state index in [9.17, 15) is 9.00 Å². The molecule has 1 aliphatic carbocycles. The minimum Gasteiger partial charge on any atom is -0.444 e. The predicted molar refractivity (Wildman–Crippen MR) is 94.0 cm³/mol. The average Bonchev–Trinajstić information content (AvgIpc) is 3.03. The van der Waals surface area contributed by atoms with Crippen molar-refractivity contribution in [2.24, 2.45) is 5.92 Å². The van der Waals surface area contributed by atoms with Gasteiger partial charge in [-0.05, 0) is 52.4 Å². The summed E-state index contributed by atoms with van der Waals surface area (Å²) in [6.07, 6.45) is 7.23. The molecule has 4 atom stereocenters. The lowest BCUT2D eigenvalue weighted by Crippen LogP contribution is -2.48. The zero-order valence-electron chi connectivity index (χ0n) is 15.0. The van der Waals surface area contributed by atoms with Gasteiger partial charge in [0, 0.05) is 48.0 Å². The quantitative estimate of drug-likeness (QED) is 0.832. The molecule has 134 valence electrons. The summed E-state index contributed by atoms with van der Waals surface area (Å²) < 4.78 is 16.8. The fourth-order valence-electron chi connectivity index (χ4n) is 3.88. The first-order valence-electron chi connectivity index (χ1n) is 8.81. The van der Waals surface area contributed by atoms with E-state index in [2.05, 4.69) is 5.32 Å². The zero-order valence-corrected chi connectivity index (χ0v) is 15.8. The Morgan fingerprint density at radius 2 is 2.00 bits per heavy atom. The Balaban J connectivity index is 1.95. The number of hydrogen-bond donors (Lipinski definition) is 1. The highest BCUT2D eigenvalue weighted by Crippen LogP contribution is 2.36. The van der Waals surface area contributed by atoms with Gasteiger partial charge in [0.2, 0.25) is 0 Å². The van der Waals surface area contributed by atoms with Gasteiger partial charge in [-0.25, -0.2) is 4.79 Å². The summed E-state index contributed by atoms with van der Waals surface area (Å²) in [6.45, 7) is 7.35. The van der Waals surface area contributed by atoms with Gasteiger partial charge in [-0.3, -0.25) is 4.21 Å². The maximum atomic E-state index is 12.5. The normalized spacial score (nSPS) is 29.7. The fourth-order valence-corrected chi connectivity index (χ4v) is 4.28. The predicted octanol–water partition coefficient (Wildman–Crippen LogP) is 2.52. The van der Waals surface area contributed by atoms with E-state index < -0.39 is 16.4 Å². The van der Waals surface area contributed by atoms with E-state index in [1.807, 2.05) is 25.7 Å². The standard InChI is InChI=1S/C17H32N2O3S/c1-17(2,3)22-16(20)19-11-6-9-15(19)13-7-5-8-14(13)18-10-12-23(4)21/h13-15,18H,5-12H2,1-4H3. The first-order valence-corrected chi connectivity index (χ1v) is 10.5. The number of nitrogens with zero attached hydrogens (tertiary/aromatic N) is 1. The summed E-state index contributed by atoms with van der Waals surface area (Å²) in [5.74, 6) is 1.19. The Kier molecular flexibility index (Phi) is 6.48. The highest BCUT2D eigenvalue weighted by molar-refractivity contribution is 7.84. The Bertz CT molecular complexity index is 436. The van der Waals surface area contributed by atoms with Crippen LogP contribution in [0.2, 0.25) is 0 Å². The van der Waals surface area contributed by atoms with Gasteiger partial charge in [0.15, 0.2) is 0 Å². The number of rotatable bonds is 5. The Morgan fingerprint density at radius 3 is 2.65 bits per heavy atom. The van der Waals surface area contributed by atoms with Gasteiger partial charge < -0.3 is 15.0 Å². The summed E-state index contributed by atoms with van der Waals surface area (Å²) in [7, 11) is -0.752. The van der Waals surface area contributed by atoms with Crippen LogP contribution in [0.25, 0.3) is 0 Å². The highest BCUT2D eigenvalue weighted by Gasteiger charge is 2.41. The molecule has 2 aliphatic rings. The molecule has 1 amide bonds. The van der Waals surface area contributed by atoms with Crippen LogP contribution < -0.4 is 5.32 Å². The van der Waals surface area contributed by atoms with E-state index in [1.165, 1.54) is 6.42 Å². The van der Waals surface area contributed by atoms with E-state index in [0.717, 1.165) is 38.8 Å². The van der Waals surface area contributed by atoms with Gasteiger partial charge in [0.05, 0.1) is 0 Å². The largest absolute Gasteiger partial charge is 0.444 e. The maximum absolute atomic E-state index is 12.5. The van der Waals surface area contributed by atoms with Crippen LogP contribution >= 0.6 is 0 Å². The smallest absolute Gasteiger partial charge is 0.410 e. The molecule has 0 aromatic heterocycles. The summed E-state index contributed by atoms with van der Waals surface area (Å²) in [5, 5.41) is 3.58. The molecule has 1 saturated carbocycles. The molecular formula is C17H32N2O3S. The third-order valence-corrected chi connectivity index (χ3v) is 5.57. The molecule has 5 nitrogen and oxygen atoms in total. The van der Waals surface area contributed by atoms with Crippen LogP contribution in [0.5, 0.6) is 0 Å². The van der Waals surface area contributed by atoms with Crippen LogP contribution in [0.4, 0.5) is 4.79 Å². The topological polar surface area (TPSA) is 58.6 Å². The number of nitrogens with one attached hydrogen (secondary N) is 1. The molecule has 1 N–H and O–H groups in total. The third kappa shape index (κ3) is 5.45. The SMILES string of the molecule is CS(=O)CCNC1CCCC1C1CCCN1C(=O)OC(C)(C)C. The molecule has 0 aromatic rings. The molecular weight excluding hydrogens is 312 g/mol. The molecule has 1 saturated heterocycles. The van der Waals surface area contributed by atoms with E-state index in [1.54, 1.807) is 6.26 Å². The molecule has 1 aliphatic heterocycles. The first-order chi connectivity index (χ1) is 10.8. The molecule has 0 spiro atoms. The van der Waals surface area contributed by atoms with Crippen molar-refractivity contribution in [3.8, 4) is 0 Å². The molecule has 23 heavy (non-hydrogen) atoms. The lowest BCUT2D eigenvalue weighted by molar-refractivity contribution is 0.0167. The minimum atomic E-state index is -0.752. The van der Waals surface area contributed by atoms with E-state index in [4.69, 9.17) is 4.74 Å². The van der Waals surface area contributed by atoms with Gasteiger partial charge in [-0.1, -0.05) is 6.42 Å². The van der Waals surface area contributed by atoms with Crippen molar-refractivity contribution in [3.05, 3.63) is 0 Å². The van der Waals surface area contributed by atoms with Crippen LogP contribution in [-0.4, -0.2) is 58.0 Å². The van der Waals surface area contributed by atoms with Crippen LogP contribution in [0.15, 0.2) is 0 Å². The minimum absolute atomic E-state index is 0.166. The lowest BCUT2D eigenvalue weighted by Gasteiger charge is -2.34. The molecule has 2 fully saturated rings. The van der Waals surface area contributed by atoms with Gasteiger partial charge in [-0.15, -0.1) is 0 Å². The number of ether oxygens (including phenoxy) is 1. The first kappa shape index (κ1) is 18.7. The number of carbonyl (C=O) groups is 1. The highest BCUT2D eigenvalue weighted by atomic mass is 32.2. The second kappa shape index (κ2) is 7.97. The van der Waals surface area contributed by atoms with Crippen molar-refractivity contribution in [2.45, 2.75) is 70.6 Å². The zero-order chi connectivity index (χ0) is 17.0. The van der Waals surface area contributed by atoms with Crippen molar-refractivity contribution < 1.29 is 13.7 Å². The van der Waals surface area contributed by atoms with Gasteiger partial charge >= 0.3 is 6.09 Å². The van der Waals surface area contributed by atoms with Crippen LogP contribution in [-0.2, 0) is 15.5 Å². The Morgan fingerprint density at radius 1 is 1.26 bits per heavy atom. The van der Waals surface area contributed by atoms with E-state index in [-0.39, 0.29) is 12.1 Å². The van der Waals surface area contributed by atoms with Crippen LogP contribution in [0, 0.1) is 5.92 Å². The Hall–Kier alpha value is -0.620. The van der Waals surface area contributed by atoms with Crippen molar-refractivity contribution in [3.63, 3.8) is 0 Å². The summed E-state index contributed by atoms with van der Waals surface area (Å²) in [4.78, 5) is 14.4. The molecule has 4 unspecified atom stereocenters. The average molecular weight is 345 g/mol. The summed E-state index contributed by atoms with van der Waals surface area (Å²) in [5.41, 5.74) is -0.442. The molecule has 0 radical (unpaired) electrons. The monoisotopic (exact) mass is 344 g/mol. The molecule has 2 rings (SSSR count). The molecule has 0 bridgehead atoms. The lowest BCUT2D eigenvalue weighted by atomic mass is 9.92. The summed E-state index contributed by atoms with van der Waals surface area (Å²) in [6, 6.07) is 0.726. The van der Waals surface area contributed by atoms with Crippen LogP contribution in [0.3, 0.4) is 0 Å². The number of carbonyl (C=O) groups excluding carboxylic acids is 1. The second-order valence-electron chi connectivity index (χ2n) is 7.82. The van der Waals surface area contributed by atoms with Crippen molar-refractivity contribution >= 4 is 16.9 Å². The molecule has 1 heterocycles. The van der Waals surface area contributed by atoms with Crippen molar-refractivity contribution in [2.75, 3.05) is 25.1 Å². The van der Waals surface area contributed by atoms with Gasteiger partial charge in [0.1, 0.15) is 5.60 Å². The van der Waals surface area contributed by atoms with E-state index in [0.29, 0.717) is 17.7 Å².